The number of sulfone groups is 1. The molecule has 1 heterocycles. The maximum Gasteiger partial charge on any atom is 0.243 e. The summed E-state index contributed by atoms with van der Waals surface area (Å²) in [5.41, 5.74) is 0. The summed E-state index contributed by atoms with van der Waals surface area (Å²) in [7, 11) is -3.40. The van der Waals surface area contributed by atoms with Gasteiger partial charge in [-0.25, -0.2) is 8.42 Å². The number of hydrogen-bond acceptors (Lipinski definition) is 4. The summed E-state index contributed by atoms with van der Waals surface area (Å²) in [6.45, 7) is 6.95. The fourth-order valence-electron chi connectivity index (χ4n) is 2.07. The average Bonchev–Trinajstić information content (AvgIpc) is 2.75. The van der Waals surface area contributed by atoms with Gasteiger partial charge in [-0.05, 0) is 40.2 Å². The third-order valence-corrected chi connectivity index (χ3v) is 5.74. The average molecular weight is 276 g/mol. The second-order valence-corrected chi connectivity index (χ2v) is 7.98. The monoisotopic (exact) mass is 276 g/mol. The lowest BCUT2D eigenvalue weighted by atomic mass is 10.1. The van der Waals surface area contributed by atoms with Gasteiger partial charge >= 0.3 is 0 Å². The molecule has 0 aromatic carbocycles. The summed E-state index contributed by atoms with van der Waals surface area (Å²) >= 11 is 0. The molecule has 6 heteroatoms. The Morgan fingerprint density at radius 2 is 2.06 bits per heavy atom. The van der Waals surface area contributed by atoms with Crippen LogP contribution in [0.2, 0.25) is 0 Å². The zero-order valence-corrected chi connectivity index (χ0v) is 12.5. The molecule has 1 N–H and O–H groups in total. The molecule has 0 bridgehead atoms. The Morgan fingerprint density at radius 3 is 2.44 bits per heavy atom. The van der Waals surface area contributed by atoms with Crippen LogP contribution in [0, 0.1) is 0 Å². The molecule has 1 aliphatic rings. The highest BCUT2D eigenvalue weighted by Gasteiger charge is 2.41. The highest BCUT2D eigenvalue weighted by molar-refractivity contribution is 7.92. The highest BCUT2D eigenvalue weighted by Crippen LogP contribution is 2.19. The first-order valence-corrected chi connectivity index (χ1v) is 8.31. The molecule has 1 amide bonds. The normalized spacial score (nSPS) is 21.0. The molecule has 106 valence electrons. The van der Waals surface area contributed by atoms with Crippen LogP contribution in [0.1, 0.15) is 33.6 Å². The molecule has 1 atom stereocenters. The summed E-state index contributed by atoms with van der Waals surface area (Å²) in [4.78, 5) is 14.0. The lowest BCUT2D eigenvalue weighted by Crippen LogP contribution is -2.52. The second kappa shape index (κ2) is 5.57. The van der Waals surface area contributed by atoms with Gasteiger partial charge in [0, 0.05) is 25.4 Å². The van der Waals surface area contributed by atoms with Crippen LogP contribution >= 0.6 is 0 Å². The minimum atomic E-state index is -3.40. The molecule has 1 unspecified atom stereocenters. The topological polar surface area (TPSA) is 66.5 Å². The van der Waals surface area contributed by atoms with Crippen LogP contribution in [-0.2, 0) is 14.6 Å². The molecule has 0 radical (unpaired) electrons. The Bertz CT molecular complexity index is 398. The summed E-state index contributed by atoms with van der Waals surface area (Å²) in [5.74, 6) is -0.304. The van der Waals surface area contributed by atoms with Gasteiger partial charge in [-0.2, -0.15) is 0 Å². The van der Waals surface area contributed by atoms with Crippen molar-refractivity contribution < 1.29 is 13.2 Å². The minimum Gasteiger partial charge on any atom is -0.340 e. The quantitative estimate of drug-likeness (QED) is 0.790. The molecule has 5 nitrogen and oxygen atoms in total. The summed E-state index contributed by atoms with van der Waals surface area (Å²) < 4.78 is 22.0. The Balaban J connectivity index is 2.78. The lowest BCUT2D eigenvalue weighted by Gasteiger charge is -2.31. The second-order valence-electron chi connectivity index (χ2n) is 5.42. The molecule has 0 spiro atoms. The van der Waals surface area contributed by atoms with Crippen molar-refractivity contribution in [1.29, 1.82) is 0 Å². The van der Waals surface area contributed by atoms with E-state index in [2.05, 4.69) is 5.32 Å². The van der Waals surface area contributed by atoms with Crippen LogP contribution in [0.5, 0.6) is 0 Å². The van der Waals surface area contributed by atoms with E-state index >= 15 is 0 Å². The van der Waals surface area contributed by atoms with Crippen molar-refractivity contribution in [2.45, 2.75) is 44.4 Å². The van der Waals surface area contributed by atoms with Gasteiger partial charge in [0.05, 0.1) is 0 Å². The first-order chi connectivity index (χ1) is 8.20. The number of likely N-dealkylation sites (N-methyl/N-ethyl adjacent to an activating group) is 1. The summed E-state index contributed by atoms with van der Waals surface area (Å²) in [6.07, 6.45) is 3.28. The predicted octanol–water partition coefficient (Wildman–Crippen LogP) is 0.410. The van der Waals surface area contributed by atoms with E-state index in [0.717, 1.165) is 25.6 Å². The standard InChI is InChI=1S/C12H24N2O3S/c1-5-14(9-10-7-6-8-13-10)11(15)12(2,3)18(4,16)17/h10,13H,5-9H2,1-4H3. The van der Waals surface area contributed by atoms with Gasteiger partial charge in [0.25, 0.3) is 0 Å². The number of amides is 1. The van der Waals surface area contributed by atoms with Crippen molar-refractivity contribution in [3.63, 3.8) is 0 Å². The van der Waals surface area contributed by atoms with E-state index in [0.29, 0.717) is 19.1 Å². The number of nitrogens with zero attached hydrogens (tertiary/aromatic N) is 1. The fourth-order valence-corrected chi connectivity index (χ4v) is 2.52. The molecule has 0 aromatic heterocycles. The highest BCUT2D eigenvalue weighted by atomic mass is 32.2. The van der Waals surface area contributed by atoms with Crippen LogP contribution in [0.3, 0.4) is 0 Å². The Hall–Kier alpha value is -0.620. The minimum absolute atomic E-state index is 0.296. The van der Waals surface area contributed by atoms with Gasteiger partial charge in [0.15, 0.2) is 9.84 Å². The number of nitrogens with one attached hydrogen (secondary N) is 1. The SMILES string of the molecule is CCN(CC1CCCN1)C(=O)C(C)(C)S(C)(=O)=O. The molecule has 18 heavy (non-hydrogen) atoms. The van der Waals surface area contributed by atoms with Crippen LogP contribution in [0.4, 0.5) is 0 Å². The van der Waals surface area contributed by atoms with Crippen molar-refractivity contribution >= 4 is 15.7 Å². The van der Waals surface area contributed by atoms with E-state index < -0.39 is 14.6 Å². The van der Waals surface area contributed by atoms with E-state index in [-0.39, 0.29) is 5.91 Å². The van der Waals surface area contributed by atoms with E-state index in [1.807, 2.05) is 6.92 Å². The molecule has 0 aromatic rings. The molecule has 1 rings (SSSR count). The van der Waals surface area contributed by atoms with Gasteiger partial charge in [-0.1, -0.05) is 0 Å². The van der Waals surface area contributed by atoms with Gasteiger partial charge < -0.3 is 10.2 Å². The van der Waals surface area contributed by atoms with Crippen molar-refractivity contribution in [2.24, 2.45) is 0 Å². The van der Waals surface area contributed by atoms with Gasteiger partial charge in [-0.15, -0.1) is 0 Å². The van der Waals surface area contributed by atoms with Crippen LogP contribution in [0.15, 0.2) is 0 Å². The van der Waals surface area contributed by atoms with Gasteiger partial charge in [0.2, 0.25) is 5.91 Å². The van der Waals surface area contributed by atoms with Crippen molar-refractivity contribution in [3.05, 3.63) is 0 Å². The van der Waals surface area contributed by atoms with E-state index in [1.165, 1.54) is 13.8 Å². The zero-order chi connectivity index (χ0) is 14.0. The molecule has 1 aliphatic heterocycles. The van der Waals surface area contributed by atoms with Crippen molar-refractivity contribution in [3.8, 4) is 0 Å². The van der Waals surface area contributed by atoms with Crippen LogP contribution in [-0.4, -0.2) is 55.9 Å². The third kappa shape index (κ3) is 3.23. The molecule has 0 aliphatic carbocycles. The first kappa shape index (κ1) is 15.4. The molecule has 1 saturated heterocycles. The molecular formula is C12H24N2O3S. The van der Waals surface area contributed by atoms with Gasteiger partial charge in [-0.3, -0.25) is 4.79 Å². The first-order valence-electron chi connectivity index (χ1n) is 6.42. The Labute approximate surface area is 110 Å². The smallest absolute Gasteiger partial charge is 0.243 e. The van der Waals surface area contributed by atoms with Crippen LogP contribution in [0.25, 0.3) is 0 Å². The maximum absolute atomic E-state index is 12.3. The van der Waals surface area contributed by atoms with Crippen LogP contribution < -0.4 is 5.32 Å². The fraction of sp³-hybridized carbons (Fsp3) is 0.917. The number of rotatable bonds is 5. The molecule has 1 fully saturated rings. The van der Waals surface area contributed by atoms with Gasteiger partial charge in [0.1, 0.15) is 4.75 Å². The number of carbonyl (C=O) groups excluding carboxylic acids is 1. The number of carbonyl (C=O) groups is 1. The van der Waals surface area contributed by atoms with E-state index in [4.69, 9.17) is 0 Å². The third-order valence-electron chi connectivity index (χ3n) is 3.71. The van der Waals surface area contributed by atoms with E-state index in [9.17, 15) is 13.2 Å². The lowest BCUT2D eigenvalue weighted by molar-refractivity contribution is -0.133. The number of hydrogen-bond donors (Lipinski definition) is 1. The summed E-state index contributed by atoms with van der Waals surface area (Å²) in [5, 5.41) is 3.32. The maximum atomic E-state index is 12.3. The largest absolute Gasteiger partial charge is 0.340 e. The molecular weight excluding hydrogens is 252 g/mol. The Morgan fingerprint density at radius 1 is 1.44 bits per heavy atom. The Kier molecular flexibility index (Phi) is 4.78. The molecule has 0 saturated carbocycles. The zero-order valence-electron chi connectivity index (χ0n) is 11.7. The summed E-state index contributed by atoms with van der Waals surface area (Å²) in [6, 6.07) is 0.296. The van der Waals surface area contributed by atoms with E-state index in [1.54, 1.807) is 4.90 Å². The predicted molar refractivity (Wildman–Crippen MR) is 72.2 cm³/mol. The van der Waals surface area contributed by atoms with Crippen molar-refractivity contribution in [2.75, 3.05) is 25.9 Å². The van der Waals surface area contributed by atoms with Crippen molar-refractivity contribution in [1.82, 2.24) is 10.2 Å².